The molecule has 1 saturated carbocycles. The van der Waals surface area contributed by atoms with Crippen molar-refractivity contribution in [3.63, 3.8) is 0 Å². The van der Waals surface area contributed by atoms with Crippen LogP contribution in [-0.4, -0.2) is 50.8 Å². The molecule has 1 aliphatic carbocycles. The fourth-order valence-electron chi connectivity index (χ4n) is 1.92. The van der Waals surface area contributed by atoms with Crippen molar-refractivity contribution < 1.29 is 4.74 Å². The molecule has 0 aromatic carbocycles. The SMILES string of the molecule is CCN(C1CC1)C(CNC)COC. The van der Waals surface area contributed by atoms with Crippen LogP contribution >= 0.6 is 0 Å². The predicted octanol–water partition coefficient (Wildman–Crippen LogP) is 0.705. The monoisotopic (exact) mass is 186 g/mol. The van der Waals surface area contributed by atoms with Gasteiger partial charge in [0.25, 0.3) is 0 Å². The van der Waals surface area contributed by atoms with Crippen LogP contribution in [-0.2, 0) is 4.74 Å². The normalized spacial score (nSPS) is 19.4. The lowest BCUT2D eigenvalue weighted by Crippen LogP contribution is -2.45. The minimum absolute atomic E-state index is 0.549. The van der Waals surface area contributed by atoms with E-state index in [0.717, 1.165) is 25.7 Å². The molecular weight excluding hydrogens is 164 g/mol. The van der Waals surface area contributed by atoms with Crippen LogP contribution < -0.4 is 5.32 Å². The first-order valence-electron chi connectivity index (χ1n) is 5.22. The molecule has 1 fully saturated rings. The maximum atomic E-state index is 5.24. The predicted molar refractivity (Wildman–Crippen MR) is 55.0 cm³/mol. The first-order chi connectivity index (χ1) is 6.33. The number of nitrogens with one attached hydrogen (secondary N) is 1. The number of rotatable bonds is 7. The lowest BCUT2D eigenvalue weighted by Gasteiger charge is -2.30. The summed E-state index contributed by atoms with van der Waals surface area (Å²) < 4.78 is 5.24. The molecule has 0 aliphatic heterocycles. The molecular formula is C10H22N2O. The van der Waals surface area contributed by atoms with Crippen LogP contribution in [0.3, 0.4) is 0 Å². The lowest BCUT2D eigenvalue weighted by atomic mass is 10.2. The minimum atomic E-state index is 0.549. The molecule has 78 valence electrons. The highest BCUT2D eigenvalue weighted by Crippen LogP contribution is 2.28. The largest absolute Gasteiger partial charge is 0.383 e. The molecule has 3 nitrogen and oxygen atoms in total. The molecule has 3 heteroatoms. The van der Waals surface area contributed by atoms with Crippen LogP contribution in [0.25, 0.3) is 0 Å². The summed E-state index contributed by atoms with van der Waals surface area (Å²) in [6.07, 6.45) is 2.75. The summed E-state index contributed by atoms with van der Waals surface area (Å²) >= 11 is 0. The third kappa shape index (κ3) is 3.25. The number of methoxy groups -OCH3 is 1. The molecule has 0 amide bonds. The van der Waals surface area contributed by atoms with Crippen molar-refractivity contribution in [2.45, 2.75) is 31.8 Å². The smallest absolute Gasteiger partial charge is 0.0630 e. The third-order valence-electron chi connectivity index (χ3n) is 2.65. The molecule has 13 heavy (non-hydrogen) atoms. The van der Waals surface area contributed by atoms with E-state index in [1.807, 2.05) is 7.05 Å². The Morgan fingerprint density at radius 2 is 2.23 bits per heavy atom. The van der Waals surface area contributed by atoms with Gasteiger partial charge in [-0.1, -0.05) is 6.92 Å². The molecule has 0 saturated heterocycles. The van der Waals surface area contributed by atoms with Gasteiger partial charge in [0.05, 0.1) is 6.61 Å². The Labute approximate surface area is 81.4 Å². The van der Waals surface area contributed by atoms with Crippen molar-refractivity contribution in [1.29, 1.82) is 0 Å². The Balaban J connectivity index is 2.38. The van der Waals surface area contributed by atoms with E-state index in [9.17, 15) is 0 Å². The second-order valence-corrected chi connectivity index (χ2v) is 3.73. The fourth-order valence-corrected chi connectivity index (χ4v) is 1.92. The lowest BCUT2D eigenvalue weighted by molar-refractivity contribution is 0.0885. The van der Waals surface area contributed by atoms with Gasteiger partial charge in [-0.15, -0.1) is 0 Å². The zero-order valence-corrected chi connectivity index (χ0v) is 9.05. The van der Waals surface area contributed by atoms with Crippen molar-refractivity contribution in [3.8, 4) is 0 Å². The van der Waals surface area contributed by atoms with Crippen LogP contribution in [0.4, 0.5) is 0 Å². The Hall–Kier alpha value is -0.120. The van der Waals surface area contributed by atoms with E-state index >= 15 is 0 Å². The highest BCUT2D eigenvalue weighted by atomic mass is 16.5. The number of hydrogen-bond acceptors (Lipinski definition) is 3. The van der Waals surface area contributed by atoms with Gasteiger partial charge in [0.1, 0.15) is 0 Å². The van der Waals surface area contributed by atoms with E-state index in [-0.39, 0.29) is 0 Å². The zero-order valence-electron chi connectivity index (χ0n) is 9.05. The Bertz CT molecular complexity index is 131. The van der Waals surface area contributed by atoms with Crippen molar-refractivity contribution in [2.24, 2.45) is 0 Å². The average Bonchev–Trinajstić information content (AvgIpc) is 2.90. The molecule has 0 aromatic rings. The molecule has 1 rings (SSSR count). The maximum Gasteiger partial charge on any atom is 0.0630 e. The van der Waals surface area contributed by atoms with Gasteiger partial charge in [-0.05, 0) is 26.4 Å². The van der Waals surface area contributed by atoms with Gasteiger partial charge >= 0.3 is 0 Å². The quantitative estimate of drug-likeness (QED) is 0.633. The van der Waals surface area contributed by atoms with Crippen molar-refractivity contribution in [3.05, 3.63) is 0 Å². The van der Waals surface area contributed by atoms with Gasteiger partial charge in [-0.25, -0.2) is 0 Å². The number of likely N-dealkylation sites (N-methyl/N-ethyl adjacent to an activating group) is 2. The van der Waals surface area contributed by atoms with Gasteiger partial charge in [-0.2, -0.15) is 0 Å². The average molecular weight is 186 g/mol. The topological polar surface area (TPSA) is 24.5 Å². The molecule has 1 atom stereocenters. The molecule has 0 aromatic heterocycles. The molecule has 1 N–H and O–H groups in total. The zero-order chi connectivity index (χ0) is 9.68. The van der Waals surface area contributed by atoms with Crippen LogP contribution in [0.15, 0.2) is 0 Å². The van der Waals surface area contributed by atoms with Crippen molar-refractivity contribution >= 4 is 0 Å². The summed E-state index contributed by atoms with van der Waals surface area (Å²) in [6, 6.07) is 1.38. The van der Waals surface area contributed by atoms with Crippen LogP contribution in [0.2, 0.25) is 0 Å². The second-order valence-electron chi connectivity index (χ2n) is 3.73. The van der Waals surface area contributed by atoms with Crippen LogP contribution in [0.1, 0.15) is 19.8 Å². The van der Waals surface area contributed by atoms with Gasteiger partial charge in [0.2, 0.25) is 0 Å². The number of hydrogen-bond donors (Lipinski definition) is 1. The van der Waals surface area contributed by atoms with E-state index in [0.29, 0.717) is 6.04 Å². The summed E-state index contributed by atoms with van der Waals surface area (Å²) in [4.78, 5) is 2.56. The molecule has 1 unspecified atom stereocenters. The molecule has 0 radical (unpaired) electrons. The van der Waals surface area contributed by atoms with E-state index in [1.54, 1.807) is 7.11 Å². The highest BCUT2D eigenvalue weighted by Gasteiger charge is 2.32. The summed E-state index contributed by atoms with van der Waals surface area (Å²) in [6.45, 7) is 5.24. The Morgan fingerprint density at radius 1 is 1.54 bits per heavy atom. The van der Waals surface area contributed by atoms with Crippen LogP contribution in [0.5, 0.6) is 0 Å². The Morgan fingerprint density at radius 3 is 2.62 bits per heavy atom. The standard InChI is InChI=1S/C10H22N2O/c1-4-12(9-5-6-9)10(7-11-2)8-13-3/h9-11H,4-8H2,1-3H3. The van der Waals surface area contributed by atoms with Crippen molar-refractivity contribution in [2.75, 3.05) is 33.9 Å². The first-order valence-corrected chi connectivity index (χ1v) is 5.22. The van der Waals surface area contributed by atoms with Gasteiger partial charge in [0.15, 0.2) is 0 Å². The summed E-state index contributed by atoms with van der Waals surface area (Å²) in [5.41, 5.74) is 0. The third-order valence-corrected chi connectivity index (χ3v) is 2.65. The van der Waals surface area contributed by atoms with Gasteiger partial charge < -0.3 is 10.1 Å². The highest BCUT2D eigenvalue weighted by molar-refractivity contribution is 4.88. The second kappa shape index (κ2) is 5.58. The fraction of sp³-hybridized carbons (Fsp3) is 1.00. The van der Waals surface area contributed by atoms with E-state index in [2.05, 4.69) is 17.1 Å². The van der Waals surface area contributed by atoms with Crippen LogP contribution in [0, 0.1) is 0 Å². The molecule has 0 spiro atoms. The number of nitrogens with zero attached hydrogens (tertiary/aromatic N) is 1. The number of ether oxygens (including phenoxy) is 1. The van der Waals surface area contributed by atoms with E-state index in [4.69, 9.17) is 4.74 Å². The van der Waals surface area contributed by atoms with Gasteiger partial charge in [0, 0.05) is 25.7 Å². The van der Waals surface area contributed by atoms with Crippen molar-refractivity contribution in [1.82, 2.24) is 10.2 Å². The molecule has 0 bridgehead atoms. The maximum absolute atomic E-state index is 5.24. The van der Waals surface area contributed by atoms with Gasteiger partial charge in [-0.3, -0.25) is 4.90 Å². The summed E-state index contributed by atoms with van der Waals surface area (Å²) in [5.74, 6) is 0. The molecule has 0 heterocycles. The first kappa shape index (κ1) is 11.0. The minimum Gasteiger partial charge on any atom is -0.383 e. The van der Waals surface area contributed by atoms with E-state index in [1.165, 1.54) is 12.8 Å². The summed E-state index contributed by atoms with van der Waals surface area (Å²) in [7, 11) is 3.78. The summed E-state index contributed by atoms with van der Waals surface area (Å²) in [5, 5.41) is 3.23. The van der Waals surface area contributed by atoms with E-state index < -0.39 is 0 Å². The Kier molecular flexibility index (Phi) is 4.70. The molecule has 1 aliphatic rings.